The maximum atomic E-state index is 14.4. The van der Waals surface area contributed by atoms with Crippen LogP contribution in [0.1, 0.15) is 55.2 Å². The van der Waals surface area contributed by atoms with Gasteiger partial charge >= 0.3 is 23.8 Å². The average Bonchev–Trinajstić information content (AvgIpc) is 3.45. The maximum absolute atomic E-state index is 14.4. The van der Waals surface area contributed by atoms with E-state index in [1.807, 2.05) is 47.1 Å². The number of nitrogens with one attached hydrogen (secondary N) is 1. The van der Waals surface area contributed by atoms with Crippen molar-refractivity contribution in [1.82, 2.24) is 29.1 Å². The molecule has 0 aliphatic carbocycles. The molecule has 4 saturated heterocycles. The van der Waals surface area contributed by atoms with Crippen molar-refractivity contribution in [2.45, 2.75) is 70.4 Å². The van der Waals surface area contributed by atoms with E-state index >= 15 is 0 Å². The molecule has 6 heterocycles. The largest absolute Gasteiger partial charge is 0.463 e. The van der Waals surface area contributed by atoms with Gasteiger partial charge in [-0.05, 0) is 106 Å². The first-order chi connectivity index (χ1) is 29.6. The highest BCUT2D eigenvalue weighted by Crippen LogP contribution is 2.33. The Morgan fingerprint density at radius 2 is 1.52 bits per heavy atom. The fraction of sp³-hybridized carbons (Fsp3) is 0.622. The standard InChI is InChI=1S/C45H61N7O9/c1-31-27-32(28-38-41(31)47(2)44(56)60-38)29-39(61-45(57)51-18-12-36(13-19-51)52-20-11-35-5-3-4-6-37(35)46-43(52)55)42(54)50-16-9-34(10-17-50)33-7-14-49(15-8-33)30-40(53)59-26-23-48-21-24-58-25-22-48/h3-6,27-28,33-34,36,39H,7-26,29-30H2,1-2H3,(H,46,55)/t39-/m1/s1. The van der Waals surface area contributed by atoms with Crippen LogP contribution < -0.4 is 11.1 Å². The van der Waals surface area contributed by atoms with E-state index in [4.69, 9.17) is 18.6 Å². The first-order valence-corrected chi connectivity index (χ1v) is 22.3. The zero-order valence-electron chi connectivity index (χ0n) is 35.7. The molecule has 5 aliphatic heterocycles. The normalized spacial score (nSPS) is 20.9. The van der Waals surface area contributed by atoms with Gasteiger partial charge in [-0.1, -0.05) is 24.3 Å². The lowest BCUT2D eigenvalue weighted by Gasteiger charge is -2.41. The summed E-state index contributed by atoms with van der Waals surface area (Å²) >= 11 is 0. The number of piperidine rings is 3. The second kappa shape index (κ2) is 19.4. The summed E-state index contributed by atoms with van der Waals surface area (Å²) in [6.45, 7) is 10.8. The number of nitrogens with zero attached hydrogens (tertiary/aromatic N) is 6. The number of fused-ring (bicyclic) bond motifs is 2. The van der Waals surface area contributed by atoms with Crippen LogP contribution in [0.4, 0.5) is 15.3 Å². The molecular formula is C45H61N7O9. The second-order valence-corrected chi connectivity index (χ2v) is 17.5. The summed E-state index contributed by atoms with van der Waals surface area (Å²) in [5.74, 6) is 0.131. The number of aryl methyl sites for hydroxylation is 2. The van der Waals surface area contributed by atoms with E-state index in [2.05, 4.69) is 15.1 Å². The van der Waals surface area contributed by atoms with E-state index in [1.165, 1.54) is 4.57 Å². The molecule has 0 unspecified atom stereocenters. The minimum Gasteiger partial charge on any atom is -0.463 e. The number of carbonyl (C=O) groups excluding carboxylic acids is 4. The number of urea groups is 1. The number of morpholine rings is 1. The molecular weight excluding hydrogens is 783 g/mol. The first-order valence-electron chi connectivity index (χ1n) is 22.3. The molecule has 0 radical (unpaired) electrons. The van der Waals surface area contributed by atoms with Crippen LogP contribution in [0.3, 0.4) is 0 Å². The van der Waals surface area contributed by atoms with Crippen molar-refractivity contribution in [2.24, 2.45) is 18.9 Å². The molecule has 4 amide bonds. The van der Waals surface area contributed by atoms with Gasteiger partial charge in [0, 0.05) is 77.6 Å². The Labute approximate surface area is 357 Å². The van der Waals surface area contributed by atoms with Gasteiger partial charge in [0.2, 0.25) is 0 Å². The Morgan fingerprint density at radius 1 is 0.836 bits per heavy atom. The van der Waals surface area contributed by atoms with Crippen LogP contribution in [0.15, 0.2) is 45.6 Å². The molecule has 1 atom stereocenters. The first kappa shape index (κ1) is 42.7. The third-order valence-electron chi connectivity index (χ3n) is 13.7. The fourth-order valence-corrected chi connectivity index (χ4v) is 10.1. The van der Waals surface area contributed by atoms with Crippen molar-refractivity contribution in [2.75, 3.05) is 97.1 Å². The van der Waals surface area contributed by atoms with Crippen LogP contribution in [0.25, 0.3) is 11.1 Å². The topological polar surface area (TPSA) is 159 Å². The van der Waals surface area contributed by atoms with Gasteiger partial charge in [0.05, 0.1) is 25.3 Å². The predicted molar refractivity (Wildman–Crippen MR) is 227 cm³/mol. The number of rotatable bonds is 11. The van der Waals surface area contributed by atoms with Crippen LogP contribution in [-0.2, 0) is 43.7 Å². The van der Waals surface area contributed by atoms with Crippen molar-refractivity contribution in [3.8, 4) is 0 Å². The van der Waals surface area contributed by atoms with Crippen molar-refractivity contribution >= 4 is 40.8 Å². The lowest BCUT2D eigenvalue weighted by atomic mass is 9.78. The quantitative estimate of drug-likeness (QED) is 0.280. The SMILES string of the molecule is Cc1cc(C[C@@H](OC(=O)N2CCC(N3CCc4ccccc4NC3=O)CC2)C(=O)N2CCC(C3CCN(CC(=O)OCCN4CCOCC4)CC3)CC2)cc2oc(=O)n(C)c12. The Kier molecular flexibility index (Phi) is 13.6. The summed E-state index contributed by atoms with van der Waals surface area (Å²) in [7, 11) is 1.66. The Bertz CT molecular complexity index is 2090. The van der Waals surface area contributed by atoms with Gasteiger partial charge in [0.15, 0.2) is 11.7 Å². The number of oxazole rings is 1. The summed E-state index contributed by atoms with van der Waals surface area (Å²) < 4.78 is 24.1. The lowest BCUT2D eigenvalue weighted by Crippen LogP contribution is -2.52. The van der Waals surface area contributed by atoms with E-state index in [-0.39, 0.29) is 30.4 Å². The van der Waals surface area contributed by atoms with Crippen LogP contribution in [0, 0.1) is 18.8 Å². The predicted octanol–water partition coefficient (Wildman–Crippen LogP) is 3.87. The van der Waals surface area contributed by atoms with Crippen molar-refractivity contribution < 1.29 is 37.8 Å². The fourth-order valence-electron chi connectivity index (χ4n) is 10.1. The number of hydrogen-bond acceptors (Lipinski definition) is 11. The van der Waals surface area contributed by atoms with E-state index in [1.54, 1.807) is 18.0 Å². The van der Waals surface area contributed by atoms with E-state index in [0.29, 0.717) is 81.7 Å². The van der Waals surface area contributed by atoms with Crippen molar-refractivity contribution in [1.29, 1.82) is 0 Å². The Balaban J connectivity index is 0.849. The summed E-state index contributed by atoms with van der Waals surface area (Å²) in [4.78, 5) is 76.2. The number of anilines is 1. The summed E-state index contributed by atoms with van der Waals surface area (Å²) in [5, 5.41) is 3.05. The Morgan fingerprint density at radius 3 is 2.26 bits per heavy atom. The molecule has 61 heavy (non-hydrogen) atoms. The van der Waals surface area contributed by atoms with Crippen LogP contribution in [0.2, 0.25) is 0 Å². The highest BCUT2D eigenvalue weighted by molar-refractivity contribution is 5.91. The van der Waals surface area contributed by atoms with Gasteiger partial charge in [-0.25, -0.2) is 14.4 Å². The number of carbonyl (C=O) groups is 4. The molecule has 330 valence electrons. The smallest absolute Gasteiger partial charge is 0.419 e. The molecule has 0 spiro atoms. The zero-order chi connectivity index (χ0) is 42.5. The van der Waals surface area contributed by atoms with Crippen molar-refractivity contribution in [3.63, 3.8) is 0 Å². The number of para-hydroxylation sites is 1. The third-order valence-corrected chi connectivity index (χ3v) is 13.7. The van der Waals surface area contributed by atoms with Gasteiger partial charge in [0.25, 0.3) is 5.91 Å². The number of ether oxygens (including phenoxy) is 3. The van der Waals surface area contributed by atoms with Gasteiger partial charge in [0.1, 0.15) is 6.61 Å². The molecule has 2 aromatic carbocycles. The number of hydrogen-bond donors (Lipinski definition) is 1. The highest BCUT2D eigenvalue weighted by atomic mass is 16.6. The van der Waals surface area contributed by atoms with E-state index in [9.17, 15) is 24.0 Å². The van der Waals surface area contributed by atoms with Crippen LogP contribution in [0.5, 0.6) is 0 Å². The molecule has 5 aliphatic rings. The number of benzene rings is 2. The molecule has 0 saturated carbocycles. The minimum atomic E-state index is -1.07. The van der Waals surface area contributed by atoms with Gasteiger partial charge in [-0.3, -0.25) is 24.0 Å². The molecule has 4 fully saturated rings. The monoisotopic (exact) mass is 843 g/mol. The molecule has 1 N–H and O–H groups in total. The number of esters is 1. The molecule has 16 nitrogen and oxygen atoms in total. The summed E-state index contributed by atoms with van der Waals surface area (Å²) in [6.07, 6.45) is 4.22. The number of aromatic nitrogens is 1. The zero-order valence-corrected chi connectivity index (χ0v) is 35.7. The molecule has 1 aromatic heterocycles. The van der Waals surface area contributed by atoms with Gasteiger partial charge < -0.3 is 38.6 Å². The van der Waals surface area contributed by atoms with E-state index < -0.39 is 18.0 Å². The van der Waals surface area contributed by atoms with Crippen LogP contribution in [-0.4, -0.2) is 157 Å². The molecule has 3 aromatic rings. The summed E-state index contributed by atoms with van der Waals surface area (Å²) in [5.41, 5.74) is 4.62. The minimum absolute atomic E-state index is 0.0215. The Hall–Kier alpha value is -4.93. The average molecular weight is 844 g/mol. The maximum Gasteiger partial charge on any atom is 0.419 e. The number of likely N-dealkylation sites (tertiary alicyclic amines) is 3. The second-order valence-electron chi connectivity index (χ2n) is 17.5. The van der Waals surface area contributed by atoms with Gasteiger partial charge in [-0.2, -0.15) is 0 Å². The van der Waals surface area contributed by atoms with Crippen molar-refractivity contribution in [3.05, 3.63) is 63.6 Å². The lowest BCUT2D eigenvalue weighted by molar-refractivity contribution is -0.146. The molecule has 0 bridgehead atoms. The van der Waals surface area contributed by atoms with Gasteiger partial charge in [-0.15, -0.1) is 0 Å². The third kappa shape index (κ3) is 10.2. The number of amides is 4. The highest BCUT2D eigenvalue weighted by Gasteiger charge is 2.37. The van der Waals surface area contributed by atoms with Crippen LogP contribution >= 0.6 is 0 Å². The summed E-state index contributed by atoms with van der Waals surface area (Å²) in [6, 6.07) is 11.4. The molecule has 16 heteroatoms. The molecule has 8 rings (SSSR count). The van der Waals surface area contributed by atoms with E-state index in [0.717, 1.165) is 100 Å².